The average Bonchev–Trinajstić information content (AvgIpc) is 2.64. The molecule has 0 amide bonds. The monoisotopic (exact) mass is 489 g/mol. The lowest BCUT2D eigenvalue weighted by molar-refractivity contribution is -0.137. The van der Waals surface area contributed by atoms with Crippen LogP contribution < -0.4 is 5.73 Å². The molecule has 0 saturated carbocycles. The minimum atomic E-state index is -4.83. The van der Waals surface area contributed by atoms with Crippen LogP contribution in [0, 0.1) is 0 Å². The summed E-state index contributed by atoms with van der Waals surface area (Å²) in [7, 11) is 0. The summed E-state index contributed by atoms with van der Waals surface area (Å²) in [5.74, 6) is 0. The number of allylic oxidation sites excluding steroid dienone is 1. The molecule has 1 atom stereocenters. The first-order valence-electron chi connectivity index (χ1n) is 5.54. The summed E-state index contributed by atoms with van der Waals surface area (Å²) in [6.07, 6.45) is -9.56. The second-order valence-electron chi connectivity index (χ2n) is 4.44. The van der Waals surface area contributed by atoms with Gasteiger partial charge in [-0.05, 0) is 34.7 Å². The van der Waals surface area contributed by atoms with Gasteiger partial charge in [-0.15, -0.1) is 5.11 Å². The van der Waals surface area contributed by atoms with Crippen LogP contribution in [-0.4, -0.2) is 6.18 Å². The van der Waals surface area contributed by atoms with E-state index >= 15 is 0 Å². The van der Waals surface area contributed by atoms with Crippen molar-refractivity contribution in [2.75, 3.05) is 0 Å². The lowest BCUT2D eigenvalue weighted by atomic mass is 9.98. The Morgan fingerprint density at radius 3 is 1.83 bits per heavy atom. The van der Waals surface area contributed by atoms with Gasteiger partial charge < -0.3 is 0 Å². The van der Waals surface area contributed by atoms with Gasteiger partial charge in [0.25, 0.3) is 0 Å². The van der Waals surface area contributed by atoms with Crippen LogP contribution in [0.5, 0.6) is 0 Å². The molecule has 1 aliphatic heterocycles. The van der Waals surface area contributed by atoms with E-state index in [2.05, 4.69) is 10.2 Å². The first kappa shape index (κ1) is 18.7. The third-order valence-corrected chi connectivity index (χ3v) is 4.80. The van der Waals surface area contributed by atoms with E-state index in [1.807, 2.05) is 0 Å². The summed E-state index contributed by atoms with van der Waals surface area (Å²) in [5.41, 5.74) is 0.687. The minimum Gasteiger partial charge on any atom is -0.297 e. The number of hydrogen-bond donors (Lipinski definition) is 1. The lowest BCUT2D eigenvalue weighted by Gasteiger charge is -2.24. The number of hydrogen-bond acceptors (Lipinski definition) is 3. The number of halogens is 9. The third kappa shape index (κ3) is 3.30. The van der Waals surface area contributed by atoms with Crippen LogP contribution in [-0.2, 0) is 11.8 Å². The second kappa shape index (κ2) is 5.74. The maximum atomic E-state index is 12.8. The van der Waals surface area contributed by atoms with Crippen LogP contribution in [0.2, 0.25) is 10.0 Å². The molecule has 1 aliphatic rings. The molecule has 0 fully saturated rings. The number of alkyl halides is 6. The van der Waals surface area contributed by atoms with Gasteiger partial charge in [-0.1, -0.05) is 23.2 Å². The van der Waals surface area contributed by atoms with Gasteiger partial charge in [0, 0.05) is 5.56 Å². The predicted octanol–water partition coefficient (Wildman–Crippen LogP) is 5.80. The van der Waals surface area contributed by atoms with Crippen molar-refractivity contribution in [2.45, 2.75) is 18.0 Å². The van der Waals surface area contributed by atoms with E-state index in [-0.39, 0.29) is 5.56 Å². The summed E-state index contributed by atoms with van der Waals surface area (Å²) >= 11 is 12.8. The maximum absolute atomic E-state index is 12.8. The molecule has 126 valence electrons. The van der Waals surface area contributed by atoms with Crippen LogP contribution in [0.1, 0.15) is 11.1 Å². The Morgan fingerprint density at radius 2 is 1.48 bits per heavy atom. The van der Waals surface area contributed by atoms with Gasteiger partial charge in [0.15, 0.2) is 11.4 Å². The molecule has 1 heterocycles. The molecule has 0 saturated heterocycles. The summed E-state index contributed by atoms with van der Waals surface area (Å²) in [6, 6.07) is 1.03. The molecule has 12 heteroatoms. The molecule has 1 aromatic carbocycles. The molecule has 1 unspecified atom stereocenters. The standard InChI is InChI=1S/C11H4Cl2F6IN3/c12-4-1-3(10(14,15)16)2-5(13)6(4)9(21)7(20)8(22-23-9)11(17,18)19/h1-2H,21H2. The van der Waals surface area contributed by atoms with Crippen molar-refractivity contribution in [3.8, 4) is 0 Å². The van der Waals surface area contributed by atoms with Gasteiger partial charge in [0.05, 0.1) is 19.2 Å². The summed E-state index contributed by atoms with van der Waals surface area (Å²) in [6.45, 7) is 0. The molecule has 0 aromatic heterocycles. The van der Waals surface area contributed by atoms with Gasteiger partial charge >= 0.3 is 12.4 Å². The molecular formula is C11H4Cl2F6IN3. The highest BCUT2D eigenvalue weighted by Gasteiger charge is 2.49. The van der Waals surface area contributed by atoms with Crippen LogP contribution in [0.4, 0.5) is 26.3 Å². The van der Waals surface area contributed by atoms with Crippen molar-refractivity contribution in [2.24, 2.45) is 16.0 Å². The highest BCUT2D eigenvalue weighted by molar-refractivity contribution is 14.1. The molecule has 0 aliphatic carbocycles. The topological polar surface area (TPSA) is 50.7 Å². The quantitative estimate of drug-likeness (QED) is 0.393. The van der Waals surface area contributed by atoms with Crippen LogP contribution in [0.15, 0.2) is 31.6 Å². The number of azo groups is 1. The van der Waals surface area contributed by atoms with E-state index in [1.54, 1.807) is 0 Å². The normalized spacial score (nSPS) is 22.2. The molecule has 0 spiro atoms. The van der Waals surface area contributed by atoms with Gasteiger partial charge in [0.2, 0.25) is 0 Å². The summed E-state index contributed by atoms with van der Waals surface area (Å²) < 4.78 is 76.0. The number of rotatable bonds is 1. The molecule has 0 bridgehead atoms. The van der Waals surface area contributed by atoms with E-state index in [0.29, 0.717) is 12.1 Å². The molecule has 2 N–H and O–H groups in total. The van der Waals surface area contributed by atoms with E-state index in [1.165, 1.54) is 22.6 Å². The van der Waals surface area contributed by atoms with Crippen LogP contribution >= 0.6 is 45.8 Å². The van der Waals surface area contributed by atoms with Crippen molar-refractivity contribution in [1.29, 1.82) is 0 Å². The average molecular weight is 490 g/mol. The number of nitrogens with two attached hydrogens (primary N) is 1. The van der Waals surface area contributed by atoms with Crippen molar-refractivity contribution in [1.82, 2.24) is 0 Å². The third-order valence-electron chi connectivity index (χ3n) is 2.87. The molecule has 23 heavy (non-hydrogen) atoms. The Balaban J connectivity index is 2.65. The van der Waals surface area contributed by atoms with E-state index < -0.39 is 42.9 Å². The van der Waals surface area contributed by atoms with Gasteiger partial charge in [-0.25, -0.2) is 0 Å². The first-order chi connectivity index (χ1) is 10.3. The second-order valence-corrected chi connectivity index (χ2v) is 6.33. The highest BCUT2D eigenvalue weighted by atomic mass is 127. The Morgan fingerprint density at radius 1 is 1.00 bits per heavy atom. The van der Waals surface area contributed by atoms with E-state index in [0.717, 1.165) is 0 Å². The van der Waals surface area contributed by atoms with Crippen molar-refractivity contribution < 1.29 is 26.3 Å². The van der Waals surface area contributed by atoms with E-state index in [4.69, 9.17) is 28.9 Å². The zero-order valence-electron chi connectivity index (χ0n) is 10.5. The molecular weight excluding hydrogens is 486 g/mol. The Hall–Kier alpha value is -0.590. The molecule has 0 radical (unpaired) electrons. The SMILES string of the molecule is NC1(c2c(Cl)cc(C(F)(F)F)cc2Cl)N=NC(C(F)(F)F)=C1I. The zero-order chi connectivity index (χ0) is 17.8. The fourth-order valence-electron chi connectivity index (χ4n) is 1.84. The van der Waals surface area contributed by atoms with Gasteiger partial charge in [-0.3, -0.25) is 5.73 Å². The molecule has 1 aromatic rings. The highest BCUT2D eigenvalue weighted by Crippen LogP contribution is 2.50. The van der Waals surface area contributed by atoms with Crippen molar-refractivity contribution >= 4 is 45.8 Å². The van der Waals surface area contributed by atoms with Crippen molar-refractivity contribution in [3.05, 3.63) is 42.6 Å². The van der Waals surface area contributed by atoms with Gasteiger partial charge in [-0.2, -0.15) is 31.5 Å². The first-order valence-corrected chi connectivity index (χ1v) is 7.38. The fraction of sp³-hybridized carbons (Fsp3) is 0.273. The Kier molecular flexibility index (Phi) is 4.68. The van der Waals surface area contributed by atoms with Crippen LogP contribution in [0.25, 0.3) is 0 Å². The predicted molar refractivity (Wildman–Crippen MR) is 79.3 cm³/mol. The summed E-state index contributed by atoms with van der Waals surface area (Å²) in [5, 5.41) is 5.18. The number of nitrogens with zero attached hydrogens (tertiary/aromatic N) is 2. The minimum absolute atomic E-state index is 0.388. The zero-order valence-corrected chi connectivity index (χ0v) is 14.2. The van der Waals surface area contributed by atoms with Gasteiger partial charge in [0.1, 0.15) is 0 Å². The number of benzene rings is 1. The smallest absolute Gasteiger partial charge is 0.297 e. The van der Waals surface area contributed by atoms with Crippen LogP contribution in [0.3, 0.4) is 0 Å². The summed E-state index contributed by atoms with van der Waals surface area (Å²) in [4.78, 5) is 0. The lowest BCUT2D eigenvalue weighted by Crippen LogP contribution is -2.35. The largest absolute Gasteiger partial charge is 0.436 e. The molecule has 3 nitrogen and oxygen atoms in total. The Bertz CT molecular complexity index is 704. The van der Waals surface area contributed by atoms with Crippen molar-refractivity contribution in [3.63, 3.8) is 0 Å². The van der Waals surface area contributed by atoms with E-state index in [9.17, 15) is 26.3 Å². The fourth-order valence-corrected chi connectivity index (χ4v) is 3.41. The molecule has 2 rings (SSSR count). The Labute approximate surface area is 148 Å². The maximum Gasteiger partial charge on any atom is 0.436 e.